The topological polar surface area (TPSA) is 64.2 Å². The highest BCUT2D eigenvalue weighted by Crippen LogP contribution is 2.24. The van der Waals surface area contributed by atoms with Crippen LogP contribution in [0.25, 0.3) is 0 Å². The molecule has 34 heavy (non-hydrogen) atoms. The van der Waals surface area contributed by atoms with Gasteiger partial charge in [-0.2, -0.15) is 4.31 Å². The van der Waals surface area contributed by atoms with Gasteiger partial charge in [0.1, 0.15) is 0 Å². The molecule has 2 heterocycles. The predicted octanol–water partition coefficient (Wildman–Crippen LogP) is 2.73. The van der Waals surface area contributed by atoms with E-state index in [0.717, 1.165) is 56.9 Å². The molecule has 0 N–H and O–H groups in total. The molecule has 2 aliphatic rings. The average Bonchev–Trinajstić information content (AvgIpc) is 2.86. The lowest BCUT2D eigenvalue weighted by atomic mass is 10.1. The first-order chi connectivity index (χ1) is 16.3. The Kier molecular flexibility index (Phi) is 7.60. The Labute approximate surface area is 204 Å². The zero-order chi connectivity index (χ0) is 24.3. The van der Waals surface area contributed by atoms with Crippen LogP contribution in [0.4, 0.5) is 5.69 Å². The van der Waals surface area contributed by atoms with Crippen LogP contribution in [0.15, 0.2) is 42.5 Å². The first-order valence-electron chi connectivity index (χ1n) is 12.2. The van der Waals surface area contributed by atoms with Gasteiger partial charge in [0.15, 0.2) is 0 Å². The third-order valence-corrected chi connectivity index (χ3v) is 9.06. The summed E-state index contributed by atoms with van der Waals surface area (Å²) in [6.07, 6.45) is 0. The molecule has 0 aromatic heterocycles. The van der Waals surface area contributed by atoms with E-state index in [0.29, 0.717) is 13.1 Å². The molecule has 0 saturated carbocycles. The van der Waals surface area contributed by atoms with Crippen LogP contribution in [0.3, 0.4) is 0 Å². The number of carbonyl (C=O) groups is 1. The van der Waals surface area contributed by atoms with Crippen molar-refractivity contribution in [2.24, 2.45) is 0 Å². The van der Waals surface area contributed by atoms with Gasteiger partial charge in [0.2, 0.25) is 10.0 Å². The number of anilines is 1. The molecular weight excluding hydrogens is 448 g/mol. The van der Waals surface area contributed by atoms with Crippen LogP contribution in [0, 0.1) is 13.8 Å². The first-order valence-corrected chi connectivity index (χ1v) is 13.8. The maximum Gasteiger partial charge on any atom is 0.253 e. The minimum absolute atomic E-state index is 0.0885. The van der Waals surface area contributed by atoms with Gasteiger partial charge in [-0.15, -0.1) is 0 Å². The molecule has 2 aromatic carbocycles. The summed E-state index contributed by atoms with van der Waals surface area (Å²) in [5, 5.41) is 0. The molecule has 8 heteroatoms. The number of hydrogen-bond donors (Lipinski definition) is 0. The van der Waals surface area contributed by atoms with Gasteiger partial charge in [0.25, 0.3) is 5.91 Å². The summed E-state index contributed by atoms with van der Waals surface area (Å²) in [7, 11) is -3.11. The molecule has 0 radical (unpaired) electrons. The highest BCUT2D eigenvalue weighted by molar-refractivity contribution is 7.89. The van der Waals surface area contributed by atoms with E-state index in [1.807, 2.05) is 29.2 Å². The quantitative estimate of drug-likeness (QED) is 0.631. The lowest BCUT2D eigenvalue weighted by Crippen LogP contribution is -2.49. The standard InChI is InChI=1S/C26H36N4O3S/c1-4-34(32,33)30-18-12-27(13-19-30)20-23-8-10-24(11-9-23)26(31)29-16-14-28(15-17-29)25-7-5-6-21(2)22(25)3/h5-11H,4,12-20H2,1-3H3. The van der Waals surface area contributed by atoms with Crippen molar-refractivity contribution in [3.8, 4) is 0 Å². The fraction of sp³-hybridized carbons (Fsp3) is 0.500. The number of carbonyl (C=O) groups excluding carboxylic acids is 1. The minimum atomic E-state index is -3.11. The second kappa shape index (κ2) is 10.5. The second-order valence-electron chi connectivity index (χ2n) is 9.27. The number of amides is 1. The molecule has 0 unspecified atom stereocenters. The molecular formula is C26H36N4O3S. The normalized spacial score (nSPS) is 18.3. The van der Waals surface area contributed by atoms with Gasteiger partial charge < -0.3 is 9.80 Å². The van der Waals surface area contributed by atoms with Gasteiger partial charge in [-0.3, -0.25) is 9.69 Å². The van der Waals surface area contributed by atoms with Gasteiger partial charge in [-0.25, -0.2) is 8.42 Å². The summed E-state index contributed by atoms with van der Waals surface area (Å²) in [5.41, 5.74) is 5.74. The molecule has 7 nitrogen and oxygen atoms in total. The van der Waals surface area contributed by atoms with E-state index in [1.54, 1.807) is 11.2 Å². The summed E-state index contributed by atoms with van der Waals surface area (Å²) in [6, 6.07) is 14.3. The first kappa shape index (κ1) is 24.7. The van der Waals surface area contributed by atoms with Crippen molar-refractivity contribution in [2.45, 2.75) is 27.3 Å². The molecule has 184 valence electrons. The maximum atomic E-state index is 13.1. The number of rotatable bonds is 6. The van der Waals surface area contributed by atoms with Crippen molar-refractivity contribution in [1.82, 2.24) is 14.1 Å². The molecule has 2 aliphatic heterocycles. The number of piperazine rings is 2. The molecule has 0 atom stereocenters. The Morgan fingerprint density at radius 2 is 1.50 bits per heavy atom. The van der Waals surface area contributed by atoms with Crippen LogP contribution in [0.2, 0.25) is 0 Å². The number of benzene rings is 2. The highest BCUT2D eigenvalue weighted by Gasteiger charge is 2.26. The summed E-state index contributed by atoms with van der Waals surface area (Å²) < 4.78 is 25.7. The fourth-order valence-electron chi connectivity index (χ4n) is 4.77. The Morgan fingerprint density at radius 3 is 2.12 bits per heavy atom. The van der Waals surface area contributed by atoms with Crippen molar-refractivity contribution in [2.75, 3.05) is 63.0 Å². The third-order valence-electron chi connectivity index (χ3n) is 7.18. The minimum Gasteiger partial charge on any atom is -0.368 e. The molecule has 0 spiro atoms. The molecule has 0 bridgehead atoms. The zero-order valence-corrected chi connectivity index (χ0v) is 21.4. The van der Waals surface area contributed by atoms with Gasteiger partial charge in [0, 0.05) is 70.2 Å². The van der Waals surface area contributed by atoms with Crippen LogP contribution < -0.4 is 4.90 Å². The fourth-order valence-corrected chi connectivity index (χ4v) is 5.86. The monoisotopic (exact) mass is 484 g/mol. The molecule has 0 aliphatic carbocycles. The van der Waals surface area contributed by atoms with Crippen molar-refractivity contribution in [3.05, 3.63) is 64.7 Å². The van der Waals surface area contributed by atoms with E-state index >= 15 is 0 Å². The van der Waals surface area contributed by atoms with E-state index < -0.39 is 10.0 Å². The van der Waals surface area contributed by atoms with E-state index in [2.05, 4.69) is 41.8 Å². The average molecular weight is 485 g/mol. The van der Waals surface area contributed by atoms with Gasteiger partial charge in [-0.05, 0) is 55.7 Å². The number of aryl methyl sites for hydroxylation is 1. The van der Waals surface area contributed by atoms with E-state index in [9.17, 15) is 13.2 Å². The molecule has 2 saturated heterocycles. The summed E-state index contributed by atoms with van der Waals surface area (Å²) in [4.78, 5) is 19.7. The Bertz CT molecular complexity index is 1100. The smallest absolute Gasteiger partial charge is 0.253 e. The van der Waals surface area contributed by atoms with Gasteiger partial charge >= 0.3 is 0 Å². The predicted molar refractivity (Wildman–Crippen MR) is 137 cm³/mol. The van der Waals surface area contributed by atoms with Crippen LogP contribution in [0.1, 0.15) is 34.0 Å². The summed E-state index contributed by atoms with van der Waals surface area (Å²) >= 11 is 0. The van der Waals surface area contributed by atoms with Crippen LogP contribution in [-0.4, -0.2) is 86.5 Å². The van der Waals surface area contributed by atoms with Gasteiger partial charge in [0.05, 0.1) is 5.75 Å². The van der Waals surface area contributed by atoms with Crippen molar-refractivity contribution in [1.29, 1.82) is 0 Å². The van der Waals surface area contributed by atoms with Crippen molar-refractivity contribution >= 4 is 21.6 Å². The highest BCUT2D eigenvalue weighted by atomic mass is 32.2. The zero-order valence-electron chi connectivity index (χ0n) is 20.5. The third kappa shape index (κ3) is 5.45. The lowest BCUT2D eigenvalue weighted by molar-refractivity contribution is 0.0746. The number of nitrogens with zero attached hydrogens (tertiary/aromatic N) is 4. The second-order valence-corrected chi connectivity index (χ2v) is 11.5. The van der Waals surface area contributed by atoms with E-state index in [4.69, 9.17) is 0 Å². The van der Waals surface area contributed by atoms with Crippen molar-refractivity contribution in [3.63, 3.8) is 0 Å². The molecule has 4 rings (SSSR count). The maximum absolute atomic E-state index is 13.1. The summed E-state index contributed by atoms with van der Waals surface area (Å²) in [6.45, 7) is 12.4. The Hall–Kier alpha value is -2.42. The Balaban J connectivity index is 1.29. The van der Waals surface area contributed by atoms with Gasteiger partial charge in [-0.1, -0.05) is 24.3 Å². The number of sulfonamides is 1. The van der Waals surface area contributed by atoms with E-state index in [1.165, 1.54) is 16.8 Å². The Morgan fingerprint density at radius 1 is 0.853 bits per heavy atom. The van der Waals surface area contributed by atoms with Crippen LogP contribution in [-0.2, 0) is 16.6 Å². The molecule has 2 fully saturated rings. The van der Waals surface area contributed by atoms with E-state index in [-0.39, 0.29) is 11.7 Å². The SMILES string of the molecule is CCS(=O)(=O)N1CCN(Cc2ccc(C(=O)N3CCN(c4cccc(C)c4C)CC3)cc2)CC1. The molecule has 2 aromatic rings. The van der Waals surface area contributed by atoms with Crippen LogP contribution in [0.5, 0.6) is 0 Å². The lowest BCUT2D eigenvalue weighted by Gasteiger charge is -2.37. The summed E-state index contributed by atoms with van der Waals surface area (Å²) in [5.74, 6) is 0.244. The van der Waals surface area contributed by atoms with Crippen molar-refractivity contribution < 1.29 is 13.2 Å². The number of hydrogen-bond acceptors (Lipinski definition) is 5. The largest absolute Gasteiger partial charge is 0.368 e. The molecule has 1 amide bonds. The van der Waals surface area contributed by atoms with Crippen LogP contribution >= 0.6 is 0 Å².